The first-order valence-corrected chi connectivity index (χ1v) is 9.51. The Kier molecular flexibility index (Phi) is 3.21. The molecule has 0 aliphatic heterocycles. The van der Waals surface area contributed by atoms with Gasteiger partial charge in [0.05, 0.1) is 16.8 Å². The van der Waals surface area contributed by atoms with Crippen molar-refractivity contribution in [2.75, 3.05) is 0 Å². The summed E-state index contributed by atoms with van der Waals surface area (Å²) in [6, 6.07) is 21.9. The van der Waals surface area contributed by atoms with Gasteiger partial charge in [0.1, 0.15) is 17.1 Å². The molecule has 29 heavy (non-hydrogen) atoms. The van der Waals surface area contributed by atoms with Crippen molar-refractivity contribution in [1.29, 1.82) is 0 Å². The van der Waals surface area contributed by atoms with E-state index in [9.17, 15) is 4.79 Å². The summed E-state index contributed by atoms with van der Waals surface area (Å²) in [5.74, 6) is -0.0961. The number of pyridine rings is 3. The molecule has 1 aliphatic carbocycles. The van der Waals surface area contributed by atoms with Gasteiger partial charge in [0.25, 0.3) is 0 Å². The van der Waals surface area contributed by atoms with Crippen molar-refractivity contribution < 1.29 is 4.79 Å². The van der Waals surface area contributed by atoms with Crippen LogP contribution in [0.2, 0.25) is 0 Å². The molecule has 0 radical (unpaired) electrons. The average molecular weight is 373 g/mol. The highest BCUT2D eigenvalue weighted by Gasteiger charge is 2.30. The number of fused-ring (bicyclic) bond motifs is 4. The van der Waals surface area contributed by atoms with Crippen LogP contribution in [0.5, 0.6) is 0 Å². The molecule has 136 valence electrons. The Labute approximate surface area is 166 Å². The van der Waals surface area contributed by atoms with E-state index in [1.54, 1.807) is 18.3 Å². The maximum Gasteiger partial charge on any atom is 0.214 e. The molecule has 1 aliphatic rings. The average Bonchev–Trinajstić information content (AvgIpc) is 2.77. The number of nitrogens with zero attached hydrogens (tertiary/aromatic N) is 3. The van der Waals surface area contributed by atoms with Crippen LogP contribution in [0, 0.1) is 6.92 Å². The minimum absolute atomic E-state index is 0.0961. The van der Waals surface area contributed by atoms with Crippen LogP contribution in [-0.2, 0) is 0 Å². The van der Waals surface area contributed by atoms with E-state index in [-0.39, 0.29) is 5.78 Å². The van der Waals surface area contributed by atoms with Gasteiger partial charge in [-0.3, -0.25) is 9.78 Å². The Hall–Kier alpha value is -3.92. The number of carbonyl (C=O) groups excluding carboxylic acids is 1. The van der Waals surface area contributed by atoms with E-state index in [1.165, 1.54) is 5.56 Å². The van der Waals surface area contributed by atoms with Crippen molar-refractivity contribution >= 4 is 27.5 Å². The van der Waals surface area contributed by atoms with E-state index in [2.05, 4.69) is 42.2 Å². The molecule has 0 atom stereocenters. The minimum atomic E-state index is -0.0961. The number of hydrogen-bond donors (Lipinski definition) is 0. The molecular weight excluding hydrogens is 358 g/mol. The quantitative estimate of drug-likeness (QED) is 0.364. The smallest absolute Gasteiger partial charge is 0.214 e. The maximum atomic E-state index is 13.2. The lowest BCUT2D eigenvalue weighted by molar-refractivity contribution is 0.103. The molecule has 0 saturated heterocycles. The van der Waals surface area contributed by atoms with Crippen molar-refractivity contribution in [3.05, 3.63) is 89.7 Å². The third kappa shape index (κ3) is 2.26. The zero-order valence-electron chi connectivity index (χ0n) is 15.7. The van der Waals surface area contributed by atoms with E-state index >= 15 is 0 Å². The number of carbonyl (C=O) groups is 1. The summed E-state index contributed by atoms with van der Waals surface area (Å²) in [4.78, 5) is 27.4. The Morgan fingerprint density at radius 2 is 1.59 bits per heavy atom. The molecule has 0 saturated carbocycles. The van der Waals surface area contributed by atoms with Crippen LogP contribution in [0.3, 0.4) is 0 Å². The molecule has 0 spiro atoms. The normalized spacial score (nSPS) is 12.4. The number of hydrogen-bond acceptors (Lipinski definition) is 4. The number of benzene rings is 2. The molecule has 3 heterocycles. The molecule has 3 aromatic heterocycles. The van der Waals surface area contributed by atoms with Crippen LogP contribution < -0.4 is 0 Å². The lowest BCUT2D eigenvalue weighted by Gasteiger charge is -2.19. The summed E-state index contributed by atoms with van der Waals surface area (Å²) in [5.41, 5.74) is 6.26. The van der Waals surface area contributed by atoms with E-state index in [0.717, 1.165) is 38.6 Å². The zero-order valence-corrected chi connectivity index (χ0v) is 15.7. The maximum absolute atomic E-state index is 13.2. The lowest BCUT2D eigenvalue weighted by atomic mass is 9.89. The first kappa shape index (κ1) is 16.1. The number of para-hydroxylation sites is 1. The second-order valence-corrected chi connectivity index (χ2v) is 7.35. The highest BCUT2D eigenvalue weighted by Crippen LogP contribution is 2.40. The van der Waals surface area contributed by atoms with Crippen LogP contribution in [-0.4, -0.2) is 20.7 Å². The van der Waals surface area contributed by atoms with Crippen LogP contribution >= 0.6 is 0 Å². The van der Waals surface area contributed by atoms with Gasteiger partial charge in [-0.1, -0.05) is 48.0 Å². The van der Waals surface area contributed by atoms with Crippen molar-refractivity contribution in [2.45, 2.75) is 6.92 Å². The minimum Gasteiger partial charge on any atom is -0.287 e. The summed E-state index contributed by atoms with van der Waals surface area (Å²) in [5, 5.41) is 2.78. The fourth-order valence-corrected chi connectivity index (χ4v) is 4.09. The summed E-state index contributed by atoms with van der Waals surface area (Å²) < 4.78 is 0. The van der Waals surface area contributed by atoms with E-state index in [0.29, 0.717) is 17.0 Å². The molecular formula is C25H15N3O. The van der Waals surface area contributed by atoms with Gasteiger partial charge in [-0.05, 0) is 36.6 Å². The highest BCUT2D eigenvalue weighted by molar-refractivity contribution is 6.27. The van der Waals surface area contributed by atoms with Gasteiger partial charge in [-0.15, -0.1) is 0 Å². The Bertz CT molecular complexity index is 1470. The molecule has 0 unspecified atom stereocenters. The molecule has 5 aromatic rings. The van der Waals surface area contributed by atoms with Crippen LogP contribution in [0.25, 0.3) is 44.3 Å². The first-order valence-electron chi connectivity index (χ1n) is 9.51. The van der Waals surface area contributed by atoms with E-state index < -0.39 is 0 Å². The first-order chi connectivity index (χ1) is 14.2. The topological polar surface area (TPSA) is 55.7 Å². The van der Waals surface area contributed by atoms with Gasteiger partial charge >= 0.3 is 0 Å². The van der Waals surface area contributed by atoms with Gasteiger partial charge < -0.3 is 0 Å². The van der Waals surface area contributed by atoms with E-state index in [4.69, 9.17) is 9.97 Å². The fourth-order valence-electron chi connectivity index (χ4n) is 4.09. The molecule has 0 bridgehead atoms. The summed E-state index contributed by atoms with van der Waals surface area (Å²) >= 11 is 0. The predicted molar refractivity (Wildman–Crippen MR) is 114 cm³/mol. The van der Waals surface area contributed by atoms with Crippen molar-refractivity contribution in [3.63, 3.8) is 0 Å². The summed E-state index contributed by atoms with van der Waals surface area (Å²) in [7, 11) is 0. The van der Waals surface area contributed by atoms with Gasteiger partial charge in [-0.25, -0.2) is 9.97 Å². The van der Waals surface area contributed by atoms with Crippen LogP contribution in [0.4, 0.5) is 0 Å². The lowest BCUT2D eigenvalue weighted by Crippen LogP contribution is -2.14. The number of aryl methyl sites for hydroxylation is 1. The van der Waals surface area contributed by atoms with Gasteiger partial charge in [0.2, 0.25) is 5.78 Å². The third-order valence-corrected chi connectivity index (χ3v) is 5.52. The fraction of sp³-hybridized carbons (Fsp3) is 0.0400. The van der Waals surface area contributed by atoms with Crippen molar-refractivity contribution in [3.8, 4) is 22.6 Å². The molecule has 4 nitrogen and oxygen atoms in total. The Balaban J connectivity index is 1.82. The van der Waals surface area contributed by atoms with Crippen molar-refractivity contribution in [1.82, 2.24) is 15.0 Å². The Morgan fingerprint density at radius 3 is 2.45 bits per heavy atom. The standard InChI is InChI=1S/C25H15N3O/c1-14-8-10-15(11-9-14)20-13-18-16-5-2-3-7-19(16)27-24-21(18)23(28-20)22-17(25(24)29)6-4-12-26-22/h2-13H,1H3. The predicted octanol–water partition coefficient (Wildman–Crippen LogP) is 5.36. The Morgan fingerprint density at radius 1 is 0.759 bits per heavy atom. The second kappa shape index (κ2) is 5.79. The monoisotopic (exact) mass is 373 g/mol. The van der Waals surface area contributed by atoms with Crippen LogP contribution in [0.15, 0.2) is 72.9 Å². The molecule has 6 rings (SSSR count). The molecule has 0 N–H and O–H groups in total. The molecule has 2 aromatic carbocycles. The zero-order chi connectivity index (χ0) is 19.5. The number of ketones is 1. The van der Waals surface area contributed by atoms with Gasteiger partial charge in [0.15, 0.2) is 0 Å². The molecule has 4 heteroatoms. The summed E-state index contributed by atoms with van der Waals surface area (Å²) in [6.45, 7) is 2.07. The summed E-state index contributed by atoms with van der Waals surface area (Å²) in [6.07, 6.45) is 1.71. The molecule has 0 fully saturated rings. The molecule has 0 amide bonds. The SMILES string of the molecule is Cc1ccc(-c2cc3c4c(nc5ccccc53)C(=O)c3cccnc3-c4n2)cc1. The van der Waals surface area contributed by atoms with Crippen molar-refractivity contribution in [2.24, 2.45) is 0 Å². The van der Waals surface area contributed by atoms with E-state index in [1.807, 2.05) is 24.3 Å². The number of aromatic nitrogens is 3. The van der Waals surface area contributed by atoms with Gasteiger partial charge in [0, 0.05) is 22.5 Å². The van der Waals surface area contributed by atoms with Gasteiger partial charge in [-0.2, -0.15) is 0 Å². The second-order valence-electron chi connectivity index (χ2n) is 7.35. The highest BCUT2D eigenvalue weighted by atomic mass is 16.1. The largest absolute Gasteiger partial charge is 0.287 e. The van der Waals surface area contributed by atoms with Crippen LogP contribution in [0.1, 0.15) is 21.6 Å². The third-order valence-electron chi connectivity index (χ3n) is 5.52. The number of rotatable bonds is 1.